The average Bonchev–Trinajstić information content (AvgIpc) is 2.78. The Kier molecular flexibility index (Phi) is 3.29. The molecule has 17 heavy (non-hydrogen) atoms. The number of hydrogen-bond donors (Lipinski definition) is 1. The number of aromatic nitrogens is 2. The number of rotatable bonds is 4. The van der Waals surface area contributed by atoms with Crippen LogP contribution in [0.1, 0.15) is 10.4 Å². The van der Waals surface area contributed by atoms with Crippen molar-refractivity contribution >= 4 is 22.8 Å². The molecule has 0 aromatic carbocycles. The number of pyridine rings is 1. The highest BCUT2D eigenvalue weighted by atomic mass is 32.1. The van der Waals surface area contributed by atoms with E-state index in [0.717, 1.165) is 4.88 Å². The van der Waals surface area contributed by atoms with Gasteiger partial charge in [-0.25, -0.2) is 4.98 Å². The number of nitro groups is 1. The summed E-state index contributed by atoms with van der Waals surface area (Å²) in [6.07, 6.45) is 3.04. The molecule has 0 saturated carbocycles. The van der Waals surface area contributed by atoms with Crippen molar-refractivity contribution in [3.05, 3.63) is 44.5 Å². The van der Waals surface area contributed by atoms with Crippen molar-refractivity contribution < 1.29 is 4.92 Å². The summed E-state index contributed by atoms with van der Waals surface area (Å²) in [4.78, 5) is 19.2. The third-order valence-electron chi connectivity index (χ3n) is 2.21. The van der Waals surface area contributed by atoms with Gasteiger partial charge in [0.05, 0.1) is 17.0 Å². The molecule has 0 spiro atoms. The summed E-state index contributed by atoms with van der Waals surface area (Å²) in [6, 6.07) is 1.67. The van der Waals surface area contributed by atoms with E-state index in [0.29, 0.717) is 17.9 Å². The van der Waals surface area contributed by atoms with E-state index in [2.05, 4.69) is 15.3 Å². The highest BCUT2D eigenvalue weighted by Crippen LogP contribution is 2.19. The van der Waals surface area contributed by atoms with Crippen LogP contribution in [0.3, 0.4) is 0 Å². The molecule has 6 nitrogen and oxygen atoms in total. The van der Waals surface area contributed by atoms with Crippen molar-refractivity contribution in [3.8, 4) is 0 Å². The Morgan fingerprint density at radius 1 is 1.53 bits per heavy atom. The third kappa shape index (κ3) is 2.76. The van der Waals surface area contributed by atoms with Gasteiger partial charge in [-0.2, -0.15) is 0 Å². The second-order valence-electron chi connectivity index (χ2n) is 3.43. The molecule has 2 heterocycles. The molecule has 0 aliphatic heterocycles. The Morgan fingerprint density at radius 3 is 2.94 bits per heavy atom. The molecular formula is C10H10N4O2S. The first-order valence-electron chi connectivity index (χ1n) is 4.89. The molecular weight excluding hydrogens is 240 g/mol. The lowest BCUT2D eigenvalue weighted by atomic mass is 10.2. The van der Waals surface area contributed by atoms with Crippen LogP contribution in [0.5, 0.6) is 0 Å². The molecule has 0 aliphatic carbocycles. The van der Waals surface area contributed by atoms with E-state index < -0.39 is 4.92 Å². The summed E-state index contributed by atoms with van der Waals surface area (Å²) in [5.74, 6) is 0.626. The van der Waals surface area contributed by atoms with Crippen LogP contribution in [0.15, 0.2) is 24.0 Å². The van der Waals surface area contributed by atoms with Crippen molar-refractivity contribution in [1.82, 2.24) is 9.97 Å². The Hall–Kier alpha value is -2.02. The van der Waals surface area contributed by atoms with E-state index >= 15 is 0 Å². The lowest BCUT2D eigenvalue weighted by Crippen LogP contribution is -2.01. The van der Waals surface area contributed by atoms with Gasteiger partial charge in [0, 0.05) is 16.6 Å². The van der Waals surface area contributed by atoms with E-state index in [-0.39, 0.29) is 5.69 Å². The Labute approximate surface area is 102 Å². The summed E-state index contributed by atoms with van der Waals surface area (Å²) in [6.45, 7) is 2.31. The van der Waals surface area contributed by atoms with Crippen LogP contribution in [0, 0.1) is 17.0 Å². The monoisotopic (exact) mass is 250 g/mol. The Balaban J connectivity index is 2.07. The molecule has 2 rings (SSSR count). The van der Waals surface area contributed by atoms with E-state index in [4.69, 9.17) is 0 Å². The maximum Gasteiger partial charge on any atom is 0.290 e. The topological polar surface area (TPSA) is 81.0 Å². The molecule has 0 bridgehead atoms. The van der Waals surface area contributed by atoms with Crippen molar-refractivity contribution in [3.63, 3.8) is 0 Å². The minimum Gasteiger partial charge on any atom is -0.365 e. The molecule has 88 valence electrons. The number of nitrogens with zero attached hydrogens (tertiary/aromatic N) is 3. The molecule has 0 fully saturated rings. The van der Waals surface area contributed by atoms with Crippen LogP contribution < -0.4 is 5.32 Å². The summed E-state index contributed by atoms with van der Waals surface area (Å²) in [5.41, 5.74) is 2.39. The Bertz CT molecular complexity index is 527. The van der Waals surface area contributed by atoms with Crippen LogP contribution in [0.25, 0.3) is 0 Å². The zero-order valence-electron chi connectivity index (χ0n) is 9.08. The standard InChI is InChI=1S/C10H10N4O2S/c1-7-2-10(13-5-9(7)14(15)16)12-4-8-3-11-6-17-8/h2-3,5-6H,4H2,1H3,(H,12,13). The fourth-order valence-electron chi connectivity index (χ4n) is 1.34. The predicted octanol–water partition coefficient (Wildman–Crippen LogP) is 2.37. The van der Waals surface area contributed by atoms with Crippen molar-refractivity contribution in [2.45, 2.75) is 13.5 Å². The first-order valence-corrected chi connectivity index (χ1v) is 5.77. The molecule has 0 unspecified atom stereocenters. The smallest absolute Gasteiger partial charge is 0.290 e. The molecule has 0 saturated heterocycles. The van der Waals surface area contributed by atoms with Crippen molar-refractivity contribution in [2.75, 3.05) is 5.32 Å². The summed E-state index contributed by atoms with van der Waals surface area (Å²) >= 11 is 1.54. The summed E-state index contributed by atoms with van der Waals surface area (Å²) in [7, 11) is 0. The average molecular weight is 250 g/mol. The number of nitrogens with one attached hydrogen (secondary N) is 1. The van der Waals surface area contributed by atoms with Gasteiger partial charge in [0.2, 0.25) is 0 Å². The predicted molar refractivity (Wildman–Crippen MR) is 65.1 cm³/mol. The molecule has 2 aromatic heterocycles. The van der Waals surface area contributed by atoms with Crippen molar-refractivity contribution in [2.24, 2.45) is 0 Å². The second kappa shape index (κ2) is 4.88. The molecule has 2 aromatic rings. The van der Waals surface area contributed by atoms with E-state index in [1.54, 1.807) is 36.0 Å². The largest absolute Gasteiger partial charge is 0.365 e. The van der Waals surface area contributed by atoms with Gasteiger partial charge in [-0.3, -0.25) is 15.1 Å². The van der Waals surface area contributed by atoms with E-state index in [1.807, 2.05) is 0 Å². The molecule has 0 aliphatic rings. The molecule has 1 N–H and O–H groups in total. The van der Waals surface area contributed by atoms with Crippen LogP contribution in [0.4, 0.5) is 11.5 Å². The van der Waals surface area contributed by atoms with Gasteiger partial charge in [0.15, 0.2) is 0 Å². The van der Waals surface area contributed by atoms with Gasteiger partial charge >= 0.3 is 0 Å². The minimum atomic E-state index is -0.435. The molecule has 0 atom stereocenters. The van der Waals surface area contributed by atoms with Crippen LogP contribution >= 0.6 is 11.3 Å². The fourth-order valence-corrected chi connectivity index (χ4v) is 1.88. The SMILES string of the molecule is Cc1cc(NCc2cncs2)ncc1[N+](=O)[O-]. The first kappa shape index (κ1) is 11.5. The van der Waals surface area contributed by atoms with Gasteiger partial charge in [0.1, 0.15) is 12.0 Å². The van der Waals surface area contributed by atoms with Crippen LogP contribution in [0.2, 0.25) is 0 Å². The van der Waals surface area contributed by atoms with Gasteiger partial charge in [-0.1, -0.05) is 0 Å². The lowest BCUT2D eigenvalue weighted by molar-refractivity contribution is -0.385. The number of hydrogen-bond acceptors (Lipinski definition) is 6. The maximum atomic E-state index is 10.6. The fraction of sp³-hybridized carbons (Fsp3) is 0.200. The number of thiazole rings is 1. The maximum absolute atomic E-state index is 10.6. The van der Waals surface area contributed by atoms with Crippen LogP contribution in [-0.2, 0) is 6.54 Å². The summed E-state index contributed by atoms with van der Waals surface area (Å²) in [5, 5.41) is 13.7. The quantitative estimate of drug-likeness (QED) is 0.665. The number of anilines is 1. The summed E-state index contributed by atoms with van der Waals surface area (Å²) < 4.78 is 0. The molecule has 7 heteroatoms. The normalized spacial score (nSPS) is 10.2. The number of aryl methyl sites for hydroxylation is 1. The highest BCUT2D eigenvalue weighted by molar-refractivity contribution is 7.09. The van der Waals surface area contributed by atoms with Gasteiger partial charge in [-0.05, 0) is 13.0 Å². The van der Waals surface area contributed by atoms with Crippen molar-refractivity contribution in [1.29, 1.82) is 0 Å². The third-order valence-corrected chi connectivity index (χ3v) is 2.99. The molecule has 0 amide bonds. The zero-order chi connectivity index (χ0) is 12.3. The highest BCUT2D eigenvalue weighted by Gasteiger charge is 2.11. The zero-order valence-corrected chi connectivity index (χ0v) is 9.90. The molecule has 0 radical (unpaired) electrons. The van der Waals surface area contributed by atoms with Gasteiger partial charge < -0.3 is 5.32 Å². The first-order chi connectivity index (χ1) is 8.16. The minimum absolute atomic E-state index is 0.0355. The van der Waals surface area contributed by atoms with E-state index in [1.165, 1.54) is 6.20 Å². The van der Waals surface area contributed by atoms with Gasteiger partial charge in [0.25, 0.3) is 5.69 Å². The Morgan fingerprint density at radius 2 is 2.35 bits per heavy atom. The van der Waals surface area contributed by atoms with Crippen LogP contribution in [-0.4, -0.2) is 14.9 Å². The van der Waals surface area contributed by atoms with E-state index in [9.17, 15) is 10.1 Å². The lowest BCUT2D eigenvalue weighted by Gasteiger charge is -2.04. The second-order valence-corrected chi connectivity index (χ2v) is 4.41. The van der Waals surface area contributed by atoms with Gasteiger partial charge in [-0.15, -0.1) is 11.3 Å².